The van der Waals surface area contributed by atoms with Crippen LogP contribution in [-0.2, 0) is 19.4 Å². The summed E-state index contributed by atoms with van der Waals surface area (Å²) in [5.74, 6) is -0.477. The van der Waals surface area contributed by atoms with Gasteiger partial charge in [0.25, 0.3) is 0 Å². The quantitative estimate of drug-likeness (QED) is 0.746. The lowest BCUT2D eigenvalue weighted by Crippen LogP contribution is -2.40. The van der Waals surface area contributed by atoms with Crippen molar-refractivity contribution in [3.05, 3.63) is 64.9 Å². The Morgan fingerprint density at radius 1 is 1.41 bits per heavy atom. The van der Waals surface area contributed by atoms with Crippen molar-refractivity contribution in [2.24, 2.45) is 5.41 Å². The van der Waals surface area contributed by atoms with Gasteiger partial charge in [-0.25, -0.2) is 13.2 Å². The van der Waals surface area contributed by atoms with Gasteiger partial charge in [-0.1, -0.05) is 24.3 Å². The molecule has 1 saturated heterocycles. The third kappa shape index (κ3) is 2.74. The van der Waals surface area contributed by atoms with Gasteiger partial charge in [0.1, 0.15) is 15.2 Å². The molecule has 4 rings (SSSR count). The van der Waals surface area contributed by atoms with Crippen LogP contribution in [0.3, 0.4) is 0 Å². The molecule has 0 bridgehead atoms. The van der Waals surface area contributed by atoms with Gasteiger partial charge in [0.15, 0.2) is 9.84 Å². The fourth-order valence-corrected chi connectivity index (χ4v) is 7.08. The molecule has 1 spiro atoms. The van der Waals surface area contributed by atoms with Gasteiger partial charge >= 0.3 is 5.97 Å². The van der Waals surface area contributed by atoms with Gasteiger partial charge in [0, 0.05) is 18.8 Å². The average Bonchev–Trinajstić information content (AvgIpc) is 3.26. The van der Waals surface area contributed by atoms with E-state index in [4.69, 9.17) is 4.74 Å². The monoisotopic (exact) mass is 404 g/mol. The minimum absolute atomic E-state index is 0.253. The Morgan fingerprint density at radius 2 is 2.26 bits per heavy atom. The highest BCUT2D eigenvalue weighted by Crippen LogP contribution is 2.51. The van der Waals surface area contributed by atoms with Crippen molar-refractivity contribution in [1.82, 2.24) is 10.6 Å². The van der Waals surface area contributed by atoms with E-state index >= 15 is 0 Å². The molecule has 27 heavy (non-hydrogen) atoms. The summed E-state index contributed by atoms with van der Waals surface area (Å²) in [4.78, 5) is 12.4. The van der Waals surface area contributed by atoms with Gasteiger partial charge < -0.3 is 15.4 Å². The summed E-state index contributed by atoms with van der Waals surface area (Å²) in [6, 6.07) is 3.37. The smallest absolute Gasteiger partial charge is 0.354 e. The van der Waals surface area contributed by atoms with Crippen LogP contribution in [0.2, 0.25) is 0 Å². The molecule has 2 aliphatic heterocycles. The zero-order chi connectivity index (χ0) is 19.1. The van der Waals surface area contributed by atoms with E-state index in [2.05, 4.69) is 10.6 Å². The summed E-state index contributed by atoms with van der Waals surface area (Å²) >= 11 is 1.21. The average molecular weight is 405 g/mol. The summed E-state index contributed by atoms with van der Waals surface area (Å²) in [5.41, 5.74) is 0.997. The number of carbonyl (C=O) groups is 1. The lowest BCUT2D eigenvalue weighted by atomic mass is 9.73. The van der Waals surface area contributed by atoms with Gasteiger partial charge in [0.2, 0.25) is 0 Å². The second-order valence-electron chi connectivity index (χ2n) is 6.47. The standard InChI is InChI=1S/C19H20N2O4S2/c1-2-25-18(22)14-11-19-13(8-9-20-14)5-3-6-15(19)21-12-16(19)27(23,24)17-7-4-10-26-17/h3-8,10-11,16,20-21H,2,9,12H2,1H3. The third-order valence-electron chi connectivity index (χ3n) is 5.08. The van der Waals surface area contributed by atoms with Gasteiger partial charge in [-0.15, -0.1) is 11.3 Å². The van der Waals surface area contributed by atoms with E-state index in [1.807, 2.05) is 24.3 Å². The minimum atomic E-state index is -3.61. The van der Waals surface area contributed by atoms with E-state index in [0.29, 0.717) is 16.5 Å². The Labute approximate surface area is 162 Å². The van der Waals surface area contributed by atoms with Crippen LogP contribution in [0.15, 0.2) is 69.1 Å². The Balaban J connectivity index is 1.90. The number of esters is 1. The molecule has 1 aromatic heterocycles. The highest BCUT2D eigenvalue weighted by Gasteiger charge is 2.55. The van der Waals surface area contributed by atoms with Gasteiger partial charge in [-0.05, 0) is 36.1 Å². The van der Waals surface area contributed by atoms with Crippen LogP contribution in [0.25, 0.3) is 0 Å². The molecule has 3 aliphatic rings. The Bertz CT molecular complexity index is 987. The number of sulfone groups is 1. The van der Waals surface area contributed by atoms with Gasteiger partial charge in [0.05, 0.1) is 12.0 Å². The number of ether oxygens (including phenoxy) is 1. The fraction of sp³-hybridized carbons (Fsp3) is 0.316. The number of carbonyl (C=O) groups excluding carboxylic acids is 1. The lowest BCUT2D eigenvalue weighted by Gasteiger charge is -2.35. The van der Waals surface area contributed by atoms with Crippen LogP contribution in [0.1, 0.15) is 6.92 Å². The van der Waals surface area contributed by atoms with Crippen LogP contribution in [0.4, 0.5) is 0 Å². The van der Waals surface area contributed by atoms with E-state index in [0.717, 1.165) is 11.3 Å². The first kappa shape index (κ1) is 18.1. The highest BCUT2D eigenvalue weighted by molar-refractivity contribution is 7.94. The fourth-order valence-electron chi connectivity index (χ4n) is 3.91. The van der Waals surface area contributed by atoms with Crippen molar-refractivity contribution in [3.63, 3.8) is 0 Å². The van der Waals surface area contributed by atoms with Crippen molar-refractivity contribution in [1.29, 1.82) is 0 Å². The summed E-state index contributed by atoms with van der Waals surface area (Å²) in [5, 5.41) is 7.33. The van der Waals surface area contributed by atoms with E-state index in [9.17, 15) is 13.2 Å². The number of nitrogens with one attached hydrogen (secondary N) is 2. The Morgan fingerprint density at radius 3 is 3.00 bits per heavy atom. The molecule has 0 aromatic carbocycles. The molecule has 8 heteroatoms. The lowest BCUT2D eigenvalue weighted by molar-refractivity contribution is -0.139. The maximum Gasteiger partial charge on any atom is 0.354 e. The Hall–Kier alpha value is -2.32. The van der Waals surface area contributed by atoms with E-state index in [1.54, 1.807) is 30.5 Å². The van der Waals surface area contributed by atoms with Crippen LogP contribution in [0, 0.1) is 5.41 Å². The summed E-state index contributed by atoms with van der Waals surface area (Å²) in [6.45, 7) is 2.69. The first-order chi connectivity index (χ1) is 13.0. The van der Waals surface area contributed by atoms with E-state index in [1.165, 1.54) is 11.3 Å². The van der Waals surface area contributed by atoms with E-state index < -0.39 is 26.5 Å². The number of hydrogen-bond acceptors (Lipinski definition) is 7. The molecule has 0 saturated carbocycles. The molecule has 1 aromatic rings. The molecular formula is C19H20N2O4S2. The molecule has 142 valence electrons. The summed E-state index contributed by atoms with van der Waals surface area (Å²) < 4.78 is 32.4. The number of hydrogen-bond donors (Lipinski definition) is 2. The van der Waals surface area contributed by atoms with Crippen molar-refractivity contribution >= 4 is 27.1 Å². The second kappa shape index (κ2) is 6.69. The zero-order valence-electron chi connectivity index (χ0n) is 14.8. The molecule has 3 heterocycles. The molecule has 2 atom stereocenters. The minimum Gasteiger partial charge on any atom is -0.461 e. The molecule has 1 aliphatic carbocycles. The molecule has 6 nitrogen and oxygen atoms in total. The first-order valence-corrected chi connectivity index (χ1v) is 11.2. The zero-order valence-corrected chi connectivity index (χ0v) is 16.4. The predicted octanol–water partition coefficient (Wildman–Crippen LogP) is 1.91. The van der Waals surface area contributed by atoms with Crippen LogP contribution in [0.5, 0.6) is 0 Å². The molecule has 2 unspecified atom stereocenters. The maximum absolute atomic E-state index is 13.4. The highest BCUT2D eigenvalue weighted by atomic mass is 32.2. The maximum atomic E-state index is 13.4. The molecule has 2 N–H and O–H groups in total. The summed E-state index contributed by atoms with van der Waals surface area (Å²) in [6.07, 6.45) is 9.37. The molecule has 0 amide bonds. The largest absolute Gasteiger partial charge is 0.461 e. The third-order valence-corrected chi connectivity index (χ3v) is 8.71. The molecule has 0 radical (unpaired) electrons. The van der Waals surface area contributed by atoms with Crippen molar-refractivity contribution in [2.75, 3.05) is 19.7 Å². The van der Waals surface area contributed by atoms with E-state index in [-0.39, 0.29) is 13.2 Å². The predicted molar refractivity (Wildman–Crippen MR) is 104 cm³/mol. The topological polar surface area (TPSA) is 84.5 Å². The normalized spacial score (nSPS) is 26.4. The Kier molecular flexibility index (Phi) is 4.47. The molecular weight excluding hydrogens is 384 g/mol. The van der Waals surface area contributed by atoms with Crippen molar-refractivity contribution < 1.29 is 17.9 Å². The first-order valence-electron chi connectivity index (χ1n) is 8.74. The second-order valence-corrected chi connectivity index (χ2v) is 9.78. The van der Waals surface area contributed by atoms with Crippen molar-refractivity contribution in [3.8, 4) is 0 Å². The van der Waals surface area contributed by atoms with Gasteiger partial charge in [-0.3, -0.25) is 0 Å². The number of rotatable bonds is 4. The molecule has 1 fully saturated rings. The van der Waals surface area contributed by atoms with Crippen LogP contribution >= 0.6 is 11.3 Å². The van der Waals surface area contributed by atoms with Crippen molar-refractivity contribution in [2.45, 2.75) is 16.4 Å². The van der Waals surface area contributed by atoms with Crippen LogP contribution in [-0.4, -0.2) is 39.3 Å². The number of thiophene rings is 1. The van der Waals surface area contributed by atoms with Crippen LogP contribution < -0.4 is 10.6 Å². The van der Waals surface area contributed by atoms with Gasteiger partial charge in [-0.2, -0.15) is 0 Å². The summed E-state index contributed by atoms with van der Waals surface area (Å²) in [7, 11) is -3.61. The SMILES string of the molecule is CCOC(=O)C1=CC23C(=CCN1)C=CC=C2NCC3S(=O)(=O)c1cccs1. The number of allylic oxidation sites excluding steroid dienone is 4.